The highest BCUT2D eigenvalue weighted by molar-refractivity contribution is 7.89. The van der Waals surface area contributed by atoms with Crippen LogP contribution in [0.5, 0.6) is 5.75 Å². The van der Waals surface area contributed by atoms with Crippen molar-refractivity contribution >= 4 is 33.4 Å². The number of halogens is 1. The lowest BCUT2D eigenvalue weighted by Gasteiger charge is -2.19. The van der Waals surface area contributed by atoms with Gasteiger partial charge in [0.2, 0.25) is 10.0 Å². The normalized spacial score (nSPS) is 11.4. The van der Waals surface area contributed by atoms with Gasteiger partial charge in [-0.25, -0.2) is 13.2 Å². The molecule has 0 unspecified atom stereocenters. The highest BCUT2D eigenvalue weighted by Gasteiger charge is 2.26. The van der Waals surface area contributed by atoms with Gasteiger partial charge in [-0.15, -0.1) is 0 Å². The summed E-state index contributed by atoms with van der Waals surface area (Å²) in [6, 6.07) is 10.3. The summed E-state index contributed by atoms with van der Waals surface area (Å²) in [5, 5.41) is 0.00362. The molecule has 0 saturated carbocycles. The first-order valence-corrected chi connectivity index (χ1v) is 11.3. The molecule has 2 aromatic carbocycles. The van der Waals surface area contributed by atoms with Gasteiger partial charge in [-0.05, 0) is 49.4 Å². The van der Waals surface area contributed by atoms with Crippen LogP contribution in [0.4, 0.5) is 0 Å². The molecule has 0 aliphatic carbocycles. The van der Waals surface area contributed by atoms with E-state index in [0.29, 0.717) is 17.9 Å². The third kappa shape index (κ3) is 5.59. The van der Waals surface area contributed by atoms with Crippen LogP contribution in [0.15, 0.2) is 47.4 Å². The van der Waals surface area contributed by atoms with Crippen molar-refractivity contribution in [3.05, 3.63) is 58.6 Å². The largest absolute Gasteiger partial charge is 0.494 e. The van der Waals surface area contributed by atoms with Gasteiger partial charge in [-0.2, -0.15) is 4.31 Å². The number of nitrogens with zero attached hydrogens (tertiary/aromatic N) is 1. The highest BCUT2D eigenvalue weighted by Crippen LogP contribution is 2.26. The van der Waals surface area contributed by atoms with E-state index in [9.17, 15) is 18.0 Å². The van der Waals surface area contributed by atoms with E-state index in [4.69, 9.17) is 21.1 Å². The van der Waals surface area contributed by atoms with E-state index in [2.05, 4.69) is 0 Å². The van der Waals surface area contributed by atoms with Crippen molar-refractivity contribution in [1.82, 2.24) is 4.31 Å². The molecule has 0 aromatic heterocycles. The molecule has 0 amide bonds. The van der Waals surface area contributed by atoms with Gasteiger partial charge in [0.15, 0.2) is 12.4 Å². The van der Waals surface area contributed by atoms with Crippen LogP contribution in [-0.2, 0) is 14.8 Å². The number of esters is 1. The van der Waals surface area contributed by atoms with Crippen molar-refractivity contribution in [3.63, 3.8) is 0 Å². The van der Waals surface area contributed by atoms with Gasteiger partial charge in [0, 0.05) is 18.7 Å². The Morgan fingerprint density at radius 1 is 0.967 bits per heavy atom. The van der Waals surface area contributed by atoms with Gasteiger partial charge >= 0.3 is 5.97 Å². The molecule has 0 bridgehead atoms. The van der Waals surface area contributed by atoms with E-state index in [-0.39, 0.29) is 28.6 Å². The second-order valence-corrected chi connectivity index (χ2v) is 8.50. The Labute approximate surface area is 181 Å². The molecule has 9 heteroatoms. The minimum Gasteiger partial charge on any atom is -0.494 e. The maximum atomic E-state index is 12.7. The summed E-state index contributed by atoms with van der Waals surface area (Å²) in [6.45, 7) is 5.83. The van der Waals surface area contributed by atoms with Gasteiger partial charge in [-0.3, -0.25) is 4.79 Å². The fourth-order valence-electron chi connectivity index (χ4n) is 2.73. The summed E-state index contributed by atoms with van der Waals surface area (Å²) in [4.78, 5) is 24.4. The average Bonchev–Trinajstić information content (AvgIpc) is 2.73. The topological polar surface area (TPSA) is 90.0 Å². The zero-order valence-electron chi connectivity index (χ0n) is 17.1. The van der Waals surface area contributed by atoms with Crippen molar-refractivity contribution in [2.75, 3.05) is 26.3 Å². The second kappa shape index (κ2) is 10.6. The van der Waals surface area contributed by atoms with Gasteiger partial charge < -0.3 is 9.47 Å². The molecule has 0 saturated heterocycles. The molecule has 0 aliphatic heterocycles. The first-order chi connectivity index (χ1) is 14.2. The lowest BCUT2D eigenvalue weighted by atomic mass is 10.1. The van der Waals surface area contributed by atoms with Crippen LogP contribution in [-0.4, -0.2) is 50.8 Å². The van der Waals surface area contributed by atoms with Crippen LogP contribution < -0.4 is 4.74 Å². The molecular weight excluding hydrogens is 430 g/mol. The van der Waals surface area contributed by atoms with E-state index >= 15 is 0 Å². The van der Waals surface area contributed by atoms with Crippen LogP contribution in [0.3, 0.4) is 0 Å². The quantitative estimate of drug-likeness (QED) is 0.401. The molecule has 2 aromatic rings. The zero-order chi connectivity index (χ0) is 22.3. The molecule has 162 valence electrons. The number of hydrogen-bond acceptors (Lipinski definition) is 6. The molecule has 0 spiro atoms. The van der Waals surface area contributed by atoms with E-state index in [1.54, 1.807) is 38.1 Å². The lowest BCUT2D eigenvalue weighted by molar-refractivity contribution is 0.0474. The van der Waals surface area contributed by atoms with Crippen LogP contribution in [0.2, 0.25) is 5.02 Å². The number of carbonyl (C=O) groups is 2. The fourth-order valence-corrected chi connectivity index (χ4v) is 4.69. The third-order valence-electron chi connectivity index (χ3n) is 4.31. The standard InChI is InChI=1S/C21H24ClNO6S/c1-4-23(5-2)30(26,27)20-13-16(9-12-18(20)22)21(25)29-14-19(24)15-7-10-17(11-8-15)28-6-3/h7-13H,4-6,14H2,1-3H3. The molecule has 0 heterocycles. The highest BCUT2D eigenvalue weighted by atomic mass is 35.5. The number of Topliss-reactive ketones (excluding diaryl/α,β-unsaturated/α-hetero) is 1. The van der Waals surface area contributed by atoms with Crippen LogP contribution in [0, 0.1) is 0 Å². The van der Waals surface area contributed by atoms with Crippen LogP contribution in [0.25, 0.3) is 0 Å². The molecule has 0 atom stereocenters. The minimum atomic E-state index is -3.86. The maximum Gasteiger partial charge on any atom is 0.338 e. The summed E-state index contributed by atoms with van der Waals surface area (Å²) in [5.41, 5.74) is 0.358. The molecular formula is C21H24ClNO6S. The predicted octanol–water partition coefficient (Wildman–Crippen LogP) is 3.81. The summed E-state index contributed by atoms with van der Waals surface area (Å²) in [6.07, 6.45) is 0. The van der Waals surface area contributed by atoms with E-state index in [1.165, 1.54) is 22.5 Å². The zero-order valence-corrected chi connectivity index (χ0v) is 18.6. The predicted molar refractivity (Wildman–Crippen MR) is 114 cm³/mol. The van der Waals surface area contributed by atoms with Gasteiger partial charge in [0.25, 0.3) is 0 Å². The third-order valence-corrected chi connectivity index (χ3v) is 6.84. The average molecular weight is 454 g/mol. The number of hydrogen-bond donors (Lipinski definition) is 0. The Morgan fingerprint density at radius 3 is 2.13 bits per heavy atom. The van der Waals surface area contributed by atoms with Crippen LogP contribution in [0.1, 0.15) is 41.5 Å². The molecule has 2 rings (SSSR count). The maximum absolute atomic E-state index is 12.7. The lowest BCUT2D eigenvalue weighted by Crippen LogP contribution is -2.31. The van der Waals surface area contributed by atoms with Crippen LogP contribution >= 0.6 is 11.6 Å². The molecule has 30 heavy (non-hydrogen) atoms. The monoisotopic (exact) mass is 453 g/mol. The molecule has 0 radical (unpaired) electrons. The molecule has 7 nitrogen and oxygen atoms in total. The van der Waals surface area contributed by atoms with E-state index in [0.717, 1.165) is 0 Å². The van der Waals surface area contributed by atoms with Crippen molar-refractivity contribution < 1.29 is 27.5 Å². The second-order valence-electron chi connectivity index (χ2n) is 6.19. The number of ether oxygens (including phenoxy) is 2. The Kier molecular flexibility index (Phi) is 8.40. The SMILES string of the molecule is CCOc1ccc(C(=O)COC(=O)c2ccc(Cl)c(S(=O)(=O)N(CC)CC)c2)cc1. The summed E-state index contributed by atoms with van der Waals surface area (Å²) in [5.74, 6) is -0.576. The number of ketones is 1. The molecule has 0 fully saturated rings. The molecule has 0 N–H and O–H groups in total. The molecule has 0 aliphatic rings. The van der Waals surface area contributed by atoms with Gasteiger partial charge in [-0.1, -0.05) is 25.4 Å². The van der Waals surface area contributed by atoms with Crippen molar-refractivity contribution in [2.24, 2.45) is 0 Å². The Bertz CT molecular complexity index is 1000. The summed E-state index contributed by atoms with van der Waals surface area (Å²) < 4.78 is 37.1. The minimum absolute atomic E-state index is 0.00362. The Morgan fingerprint density at radius 2 is 1.57 bits per heavy atom. The van der Waals surface area contributed by atoms with Gasteiger partial charge in [0.05, 0.1) is 17.2 Å². The van der Waals surface area contributed by atoms with Crippen molar-refractivity contribution in [2.45, 2.75) is 25.7 Å². The first-order valence-electron chi connectivity index (χ1n) is 9.47. The Hall–Kier alpha value is -2.42. The van der Waals surface area contributed by atoms with E-state index < -0.39 is 28.4 Å². The number of sulfonamides is 1. The number of benzene rings is 2. The first kappa shape index (κ1) is 23.9. The van der Waals surface area contributed by atoms with Gasteiger partial charge in [0.1, 0.15) is 10.6 Å². The summed E-state index contributed by atoms with van der Waals surface area (Å²) in [7, 11) is -3.86. The smallest absolute Gasteiger partial charge is 0.338 e. The number of rotatable bonds is 10. The van der Waals surface area contributed by atoms with E-state index in [1.807, 2.05) is 6.92 Å². The van der Waals surface area contributed by atoms with Crippen molar-refractivity contribution in [1.29, 1.82) is 0 Å². The Balaban J connectivity index is 2.13. The number of carbonyl (C=O) groups excluding carboxylic acids is 2. The fraction of sp³-hybridized carbons (Fsp3) is 0.333. The van der Waals surface area contributed by atoms with Crippen molar-refractivity contribution in [3.8, 4) is 5.75 Å². The summed E-state index contributed by atoms with van der Waals surface area (Å²) >= 11 is 6.06.